The first-order valence-electron chi connectivity index (χ1n) is 12.5. The molecule has 2 heterocycles. The van der Waals surface area contributed by atoms with E-state index in [4.69, 9.17) is 9.72 Å². The molecule has 0 aliphatic carbocycles. The molecule has 1 aliphatic heterocycles. The Labute approximate surface area is 229 Å². The summed E-state index contributed by atoms with van der Waals surface area (Å²) in [5, 5.41) is 11.7. The summed E-state index contributed by atoms with van der Waals surface area (Å²) in [6.07, 6.45) is 0. The minimum Gasteiger partial charge on any atom is -0.507 e. The van der Waals surface area contributed by atoms with Gasteiger partial charge in [-0.1, -0.05) is 90.2 Å². The van der Waals surface area contributed by atoms with Crippen molar-refractivity contribution >= 4 is 44.1 Å². The minimum atomic E-state index is -0.882. The summed E-state index contributed by atoms with van der Waals surface area (Å²) in [6.45, 7) is 2.36. The highest BCUT2D eigenvalue weighted by Gasteiger charge is 2.48. The number of fused-ring (bicyclic) bond motifs is 1. The maximum atomic E-state index is 13.5. The van der Waals surface area contributed by atoms with Gasteiger partial charge < -0.3 is 9.84 Å². The molecule has 5 aromatic rings. The van der Waals surface area contributed by atoms with Gasteiger partial charge in [0, 0.05) is 5.56 Å². The third-order valence-electron chi connectivity index (χ3n) is 6.65. The molecule has 0 radical (unpaired) electrons. The van der Waals surface area contributed by atoms with Gasteiger partial charge in [-0.2, -0.15) is 0 Å². The summed E-state index contributed by atoms with van der Waals surface area (Å²) in [4.78, 5) is 33.1. The van der Waals surface area contributed by atoms with E-state index >= 15 is 0 Å². The lowest BCUT2D eigenvalue weighted by Gasteiger charge is -2.23. The molecule has 6 rings (SSSR count). The van der Waals surface area contributed by atoms with E-state index < -0.39 is 17.7 Å². The highest BCUT2D eigenvalue weighted by molar-refractivity contribution is 7.22. The van der Waals surface area contributed by atoms with Crippen molar-refractivity contribution < 1.29 is 19.4 Å². The molecule has 192 valence electrons. The molecule has 0 spiro atoms. The first-order chi connectivity index (χ1) is 19.0. The van der Waals surface area contributed by atoms with Crippen LogP contribution in [0.25, 0.3) is 16.0 Å². The quantitative estimate of drug-likeness (QED) is 0.148. The maximum Gasteiger partial charge on any atom is 0.301 e. The average molecular weight is 533 g/mol. The first kappa shape index (κ1) is 24.6. The van der Waals surface area contributed by atoms with Crippen molar-refractivity contribution in [3.05, 3.63) is 131 Å². The van der Waals surface area contributed by atoms with E-state index in [-0.39, 0.29) is 11.3 Å². The van der Waals surface area contributed by atoms with Crippen molar-refractivity contribution in [1.82, 2.24) is 4.98 Å². The molecule has 1 aliphatic rings. The summed E-state index contributed by atoms with van der Waals surface area (Å²) in [5.41, 5.74) is 3.93. The van der Waals surface area contributed by atoms with Crippen molar-refractivity contribution in [2.24, 2.45) is 0 Å². The van der Waals surface area contributed by atoms with E-state index in [9.17, 15) is 14.7 Å². The lowest BCUT2D eigenvalue weighted by atomic mass is 9.95. The van der Waals surface area contributed by atoms with Gasteiger partial charge >= 0.3 is 5.91 Å². The Hall–Kier alpha value is -4.75. The maximum absolute atomic E-state index is 13.5. The fourth-order valence-corrected chi connectivity index (χ4v) is 5.83. The van der Waals surface area contributed by atoms with Gasteiger partial charge in [-0.25, -0.2) is 4.98 Å². The Morgan fingerprint density at radius 1 is 0.923 bits per heavy atom. The second-order valence-electron chi connectivity index (χ2n) is 9.35. The van der Waals surface area contributed by atoms with Gasteiger partial charge in [0.1, 0.15) is 18.1 Å². The Balaban J connectivity index is 1.47. The predicted molar refractivity (Wildman–Crippen MR) is 153 cm³/mol. The number of hydrogen-bond acceptors (Lipinski definition) is 6. The van der Waals surface area contributed by atoms with Crippen LogP contribution < -0.4 is 9.64 Å². The molecule has 1 amide bonds. The summed E-state index contributed by atoms with van der Waals surface area (Å²) in [7, 11) is 0. The number of aryl methyl sites for hydroxylation is 1. The van der Waals surface area contributed by atoms with E-state index in [1.807, 2.05) is 85.8 Å². The van der Waals surface area contributed by atoms with Crippen LogP contribution in [0, 0.1) is 6.92 Å². The summed E-state index contributed by atoms with van der Waals surface area (Å²) in [6, 6.07) is 30.9. The molecule has 4 aromatic carbocycles. The first-order valence-corrected chi connectivity index (χ1v) is 13.3. The van der Waals surface area contributed by atoms with Crippen LogP contribution in [-0.4, -0.2) is 21.8 Å². The third-order valence-corrected chi connectivity index (χ3v) is 7.67. The zero-order valence-corrected chi connectivity index (χ0v) is 21.9. The second kappa shape index (κ2) is 10.2. The van der Waals surface area contributed by atoms with Crippen LogP contribution in [0.2, 0.25) is 0 Å². The normalized spacial score (nSPS) is 16.6. The molecular formula is C32H24N2O4S. The number of ether oxygens (including phenoxy) is 1. The lowest BCUT2D eigenvalue weighted by molar-refractivity contribution is -0.132. The van der Waals surface area contributed by atoms with Gasteiger partial charge in [0.2, 0.25) is 0 Å². The number of ketones is 1. The number of Topliss-reactive ketones (excluding diaryl/α,β-unsaturated/α-hetero) is 1. The lowest BCUT2D eigenvalue weighted by Crippen LogP contribution is -2.29. The van der Waals surface area contributed by atoms with Gasteiger partial charge in [-0.15, -0.1) is 0 Å². The highest BCUT2D eigenvalue weighted by atomic mass is 32.1. The number of thiazole rings is 1. The fraction of sp³-hybridized carbons (Fsp3) is 0.0938. The van der Waals surface area contributed by atoms with Crippen molar-refractivity contribution in [1.29, 1.82) is 0 Å². The third kappa shape index (κ3) is 4.69. The van der Waals surface area contributed by atoms with E-state index in [1.165, 1.54) is 16.2 Å². The number of aliphatic hydroxyl groups excluding tert-OH is 1. The van der Waals surface area contributed by atoms with Crippen LogP contribution in [0.15, 0.2) is 109 Å². The van der Waals surface area contributed by atoms with E-state index in [1.54, 1.807) is 24.3 Å². The topological polar surface area (TPSA) is 79.7 Å². The molecule has 39 heavy (non-hydrogen) atoms. The molecule has 1 saturated heterocycles. The molecule has 7 heteroatoms. The number of hydrogen-bond donors (Lipinski definition) is 1. The van der Waals surface area contributed by atoms with Crippen LogP contribution in [0.4, 0.5) is 5.13 Å². The average Bonchev–Trinajstić information content (AvgIpc) is 3.50. The number of benzene rings is 4. The number of aromatic nitrogens is 1. The van der Waals surface area contributed by atoms with Gasteiger partial charge in [-0.3, -0.25) is 14.5 Å². The summed E-state index contributed by atoms with van der Waals surface area (Å²) in [5.74, 6) is -1.13. The van der Waals surface area contributed by atoms with Crippen molar-refractivity contribution in [2.45, 2.75) is 19.6 Å². The van der Waals surface area contributed by atoms with Crippen LogP contribution in [0.5, 0.6) is 5.75 Å². The van der Waals surface area contributed by atoms with Crippen LogP contribution in [0.1, 0.15) is 28.3 Å². The number of nitrogens with zero attached hydrogens (tertiary/aromatic N) is 2. The SMILES string of the molecule is Cc1ccc2nc(N3C(=O)C(=O)/C(=C(/O)c4ccccc4)C3c3cccc(OCc4ccccc4)c3)sc2c1. The number of aliphatic hydroxyl groups is 1. The molecule has 0 saturated carbocycles. The Morgan fingerprint density at radius 2 is 1.67 bits per heavy atom. The van der Waals surface area contributed by atoms with E-state index in [0.717, 1.165) is 21.3 Å². The van der Waals surface area contributed by atoms with Crippen LogP contribution in [0.3, 0.4) is 0 Å². The number of rotatable bonds is 6. The van der Waals surface area contributed by atoms with Crippen molar-refractivity contribution in [3.8, 4) is 5.75 Å². The molecule has 1 N–H and O–H groups in total. The zero-order chi connectivity index (χ0) is 26.9. The number of carbonyl (C=O) groups excluding carboxylic acids is 2. The predicted octanol–water partition coefficient (Wildman–Crippen LogP) is 6.81. The molecule has 1 fully saturated rings. The van der Waals surface area contributed by atoms with E-state index in [2.05, 4.69) is 0 Å². The fourth-order valence-electron chi connectivity index (χ4n) is 4.73. The second-order valence-corrected chi connectivity index (χ2v) is 10.4. The van der Waals surface area contributed by atoms with Gasteiger partial charge in [0.05, 0.1) is 21.8 Å². The van der Waals surface area contributed by atoms with Crippen LogP contribution in [-0.2, 0) is 16.2 Å². The van der Waals surface area contributed by atoms with Crippen molar-refractivity contribution in [2.75, 3.05) is 4.90 Å². The van der Waals surface area contributed by atoms with Gasteiger partial charge in [0.15, 0.2) is 5.13 Å². The highest BCUT2D eigenvalue weighted by Crippen LogP contribution is 2.45. The summed E-state index contributed by atoms with van der Waals surface area (Å²) < 4.78 is 6.96. The largest absolute Gasteiger partial charge is 0.507 e. The zero-order valence-electron chi connectivity index (χ0n) is 21.1. The Bertz CT molecular complexity index is 1730. The molecule has 1 aromatic heterocycles. The standard InChI is InChI=1S/C32H24N2O4S/c1-20-15-16-25-26(17-20)39-32(33-25)34-28(27(30(36)31(34)37)29(35)22-11-6-3-7-12-22)23-13-8-14-24(18-23)38-19-21-9-4-2-5-10-21/h2-18,28,35H,19H2,1H3/b29-27+. The minimum absolute atomic E-state index is 0.0156. The van der Waals surface area contributed by atoms with E-state index in [0.29, 0.717) is 28.6 Å². The van der Waals surface area contributed by atoms with Gasteiger partial charge in [-0.05, 0) is 47.9 Å². The molecular weight excluding hydrogens is 508 g/mol. The smallest absolute Gasteiger partial charge is 0.301 e. The summed E-state index contributed by atoms with van der Waals surface area (Å²) >= 11 is 1.34. The molecule has 1 atom stereocenters. The number of anilines is 1. The molecule has 1 unspecified atom stereocenters. The molecule has 6 nitrogen and oxygen atoms in total. The van der Waals surface area contributed by atoms with Crippen LogP contribution >= 0.6 is 11.3 Å². The number of amides is 1. The molecule has 0 bridgehead atoms. The van der Waals surface area contributed by atoms with Gasteiger partial charge in [0.25, 0.3) is 5.78 Å². The monoisotopic (exact) mass is 532 g/mol. The number of carbonyl (C=O) groups is 2. The Morgan fingerprint density at radius 3 is 2.44 bits per heavy atom. The Kier molecular flexibility index (Phi) is 6.42. The van der Waals surface area contributed by atoms with Crippen molar-refractivity contribution in [3.63, 3.8) is 0 Å².